The average molecular weight is 195 g/mol. The molecule has 3 N–H and O–H groups in total. The highest BCUT2D eigenvalue weighted by molar-refractivity contribution is 5.88. The van der Waals surface area contributed by atoms with Crippen molar-refractivity contribution in [3.8, 4) is 0 Å². The van der Waals surface area contributed by atoms with Crippen LogP contribution in [-0.2, 0) is 0 Å². The van der Waals surface area contributed by atoms with Crippen molar-refractivity contribution in [2.75, 3.05) is 11.9 Å². The van der Waals surface area contributed by atoms with Crippen molar-refractivity contribution < 1.29 is 4.79 Å². The first-order valence-corrected chi connectivity index (χ1v) is 4.46. The third-order valence-electron chi connectivity index (χ3n) is 1.58. The lowest BCUT2D eigenvalue weighted by Gasteiger charge is -2.05. The molecule has 0 spiro atoms. The maximum atomic E-state index is 11.1. The largest absolute Gasteiger partial charge is 0.338 e. The van der Waals surface area contributed by atoms with Crippen LogP contribution in [0.25, 0.3) is 0 Å². The second kappa shape index (κ2) is 5.06. The number of hydrogen-bond acceptors (Lipinski definition) is 2. The van der Waals surface area contributed by atoms with Crippen LogP contribution in [-0.4, -0.2) is 17.6 Å². The van der Waals surface area contributed by atoms with E-state index in [1.165, 1.54) is 12.3 Å². The number of hydrogen-bond donors (Lipinski definition) is 3. The highest BCUT2D eigenvalue weighted by atomic mass is 16.2. The van der Waals surface area contributed by atoms with Gasteiger partial charge >= 0.3 is 6.03 Å². The standard InChI is InChI=1S/C9H13N3O2/c1-2-5-10-9(14)12-7-3-4-8(13)11-6-7/h3-4,6H,2,5H2,1H3,(H,11,13)(H2,10,12,14). The fourth-order valence-corrected chi connectivity index (χ4v) is 0.902. The predicted molar refractivity (Wildman–Crippen MR) is 54.4 cm³/mol. The molecule has 1 aromatic heterocycles. The van der Waals surface area contributed by atoms with E-state index in [0.29, 0.717) is 12.2 Å². The number of carbonyl (C=O) groups is 1. The van der Waals surface area contributed by atoms with Crippen LogP contribution in [0.5, 0.6) is 0 Å². The molecular weight excluding hydrogens is 182 g/mol. The Morgan fingerprint density at radius 1 is 1.50 bits per heavy atom. The molecule has 5 nitrogen and oxygen atoms in total. The Kier molecular flexibility index (Phi) is 3.72. The van der Waals surface area contributed by atoms with Gasteiger partial charge in [0, 0.05) is 18.8 Å². The first kappa shape index (κ1) is 10.3. The molecule has 76 valence electrons. The highest BCUT2D eigenvalue weighted by Gasteiger charge is 1.98. The van der Waals surface area contributed by atoms with E-state index < -0.39 is 0 Å². The number of aromatic nitrogens is 1. The van der Waals surface area contributed by atoms with E-state index in [-0.39, 0.29) is 11.6 Å². The monoisotopic (exact) mass is 195 g/mol. The smallest absolute Gasteiger partial charge is 0.319 e. The van der Waals surface area contributed by atoms with Gasteiger partial charge in [-0.05, 0) is 12.5 Å². The number of amides is 2. The predicted octanol–water partition coefficient (Wildman–Crippen LogP) is 0.906. The Hall–Kier alpha value is -1.78. The molecule has 0 aliphatic heterocycles. The lowest BCUT2D eigenvalue weighted by Crippen LogP contribution is -2.29. The van der Waals surface area contributed by atoms with Gasteiger partial charge in [-0.2, -0.15) is 0 Å². The molecule has 0 atom stereocenters. The Balaban J connectivity index is 2.48. The molecule has 0 aromatic carbocycles. The molecule has 0 aliphatic rings. The number of rotatable bonds is 3. The molecule has 2 amide bonds. The summed E-state index contributed by atoms with van der Waals surface area (Å²) in [5, 5.41) is 5.24. The van der Waals surface area contributed by atoms with E-state index >= 15 is 0 Å². The first-order valence-electron chi connectivity index (χ1n) is 4.46. The summed E-state index contributed by atoms with van der Waals surface area (Å²) in [5.41, 5.74) is 0.378. The number of pyridine rings is 1. The fourth-order valence-electron chi connectivity index (χ4n) is 0.902. The van der Waals surface area contributed by atoms with Crippen LogP contribution in [0.15, 0.2) is 23.1 Å². The van der Waals surface area contributed by atoms with Gasteiger partial charge < -0.3 is 15.6 Å². The van der Waals surface area contributed by atoms with Gasteiger partial charge in [0.15, 0.2) is 0 Å². The second-order valence-corrected chi connectivity index (χ2v) is 2.82. The van der Waals surface area contributed by atoms with Crippen LogP contribution < -0.4 is 16.2 Å². The maximum absolute atomic E-state index is 11.1. The summed E-state index contributed by atoms with van der Waals surface area (Å²) < 4.78 is 0. The summed E-state index contributed by atoms with van der Waals surface area (Å²) in [7, 11) is 0. The molecule has 1 aromatic rings. The van der Waals surface area contributed by atoms with E-state index in [1.807, 2.05) is 6.92 Å². The molecule has 0 fully saturated rings. The molecule has 0 saturated heterocycles. The van der Waals surface area contributed by atoms with Crippen LogP contribution in [0.1, 0.15) is 13.3 Å². The van der Waals surface area contributed by atoms with Gasteiger partial charge in [0.2, 0.25) is 5.56 Å². The first-order chi connectivity index (χ1) is 6.72. The Bertz CT molecular complexity index is 339. The Labute approximate surface area is 81.5 Å². The van der Waals surface area contributed by atoms with Crippen molar-refractivity contribution in [3.05, 3.63) is 28.7 Å². The SMILES string of the molecule is CCCNC(=O)Nc1ccc(=O)[nH]c1. The van der Waals surface area contributed by atoms with Crippen molar-refractivity contribution in [1.29, 1.82) is 0 Å². The third kappa shape index (κ3) is 3.30. The van der Waals surface area contributed by atoms with E-state index in [4.69, 9.17) is 0 Å². The van der Waals surface area contributed by atoms with Gasteiger partial charge in [-0.1, -0.05) is 6.92 Å². The molecule has 1 heterocycles. The lowest BCUT2D eigenvalue weighted by molar-refractivity contribution is 0.252. The summed E-state index contributed by atoms with van der Waals surface area (Å²) in [6, 6.07) is 2.64. The minimum atomic E-state index is -0.265. The van der Waals surface area contributed by atoms with Gasteiger partial charge in [0.25, 0.3) is 0 Å². The molecule has 0 radical (unpaired) electrons. The van der Waals surface area contributed by atoms with E-state index in [1.54, 1.807) is 6.07 Å². The molecule has 5 heteroatoms. The van der Waals surface area contributed by atoms with Gasteiger partial charge in [-0.15, -0.1) is 0 Å². The number of anilines is 1. The van der Waals surface area contributed by atoms with Crippen LogP contribution in [0.3, 0.4) is 0 Å². The summed E-state index contributed by atoms with van der Waals surface area (Å²) in [6.45, 7) is 2.61. The van der Waals surface area contributed by atoms with E-state index in [0.717, 1.165) is 6.42 Å². The lowest BCUT2D eigenvalue weighted by atomic mass is 10.4. The van der Waals surface area contributed by atoms with Gasteiger partial charge in [-0.25, -0.2) is 4.79 Å². The average Bonchev–Trinajstić information content (AvgIpc) is 2.18. The van der Waals surface area contributed by atoms with Crippen molar-refractivity contribution in [1.82, 2.24) is 10.3 Å². The Morgan fingerprint density at radius 3 is 2.86 bits per heavy atom. The summed E-state index contributed by atoms with van der Waals surface area (Å²) in [4.78, 5) is 24.3. The van der Waals surface area contributed by atoms with Crippen molar-refractivity contribution in [2.24, 2.45) is 0 Å². The van der Waals surface area contributed by atoms with Crippen LogP contribution >= 0.6 is 0 Å². The summed E-state index contributed by atoms with van der Waals surface area (Å²) in [6.07, 6.45) is 2.34. The van der Waals surface area contributed by atoms with Gasteiger partial charge in [0.1, 0.15) is 0 Å². The molecule has 14 heavy (non-hydrogen) atoms. The minimum Gasteiger partial charge on any atom is -0.338 e. The zero-order valence-corrected chi connectivity index (χ0v) is 7.96. The maximum Gasteiger partial charge on any atom is 0.319 e. The zero-order valence-electron chi connectivity index (χ0n) is 7.96. The van der Waals surface area contributed by atoms with Crippen molar-refractivity contribution >= 4 is 11.7 Å². The third-order valence-corrected chi connectivity index (χ3v) is 1.58. The molecule has 0 aliphatic carbocycles. The van der Waals surface area contributed by atoms with Crippen molar-refractivity contribution in [3.63, 3.8) is 0 Å². The van der Waals surface area contributed by atoms with E-state index in [9.17, 15) is 9.59 Å². The summed E-state index contributed by atoms with van der Waals surface area (Å²) >= 11 is 0. The fraction of sp³-hybridized carbons (Fsp3) is 0.333. The zero-order chi connectivity index (χ0) is 10.4. The number of H-pyrrole nitrogens is 1. The number of aromatic amines is 1. The molecule has 0 unspecified atom stereocenters. The van der Waals surface area contributed by atoms with E-state index in [2.05, 4.69) is 15.6 Å². The molecule has 0 saturated carbocycles. The molecule has 0 bridgehead atoms. The minimum absolute atomic E-state index is 0.190. The second-order valence-electron chi connectivity index (χ2n) is 2.82. The number of urea groups is 1. The van der Waals surface area contributed by atoms with Gasteiger partial charge in [0.05, 0.1) is 5.69 Å². The topological polar surface area (TPSA) is 74.0 Å². The Morgan fingerprint density at radius 2 is 2.29 bits per heavy atom. The number of carbonyl (C=O) groups excluding carboxylic acids is 1. The van der Waals surface area contributed by atoms with Crippen LogP contribution in [0.2, 0.25) is 0 Å². The van der Waals surface area contributed by atoms with Gasteiger partial charge in [-0.3, -0.25) is 4.79 Å². The van der Waals surface area contributed by atoms with Crippen molar-refractivity contribution in [2.45, 2.75) is 13.3 Å². The normalized spacial score (nSPS) is 9.50. The summed E-state index contributed by atoms with van der Waals surface area (Å²) in [5.74, 6) is 0. The van der Waals surface area contributed by atoms with Crippen LogP contribution in [0.4, 0.5) is 10.5 Å². The number of nitrogens with one attached hydrogen (secondary N) is 3. The quantitative estimate of drug-likeness (QED) is 0.670. The molecular formula is C9H13N3O2. The van der Waals surface area contributed by atoms with Crippen LogP contribution in [0, 0.1) is 0 Å². The molecule has 1 rings (SSSR count). The highest BCUT2D eigenvalue weighted by Crippen LogP contribution is 1.99.